The van der Waals surface area contributed by atoms with Gasteiger partial charge in [0.05, 0.1) is 26.7 Å². The van der Waals surface area contributed by atoms with Gasteiger partial charge in [-0.05, 0) is 53.9 Å². The summed E-state index contributed by atoms with van der Waals surface area (Å²) in [6, 6.07) is 15.0. The van der Waals surface area contributed by atoms with Gasteiger partial charge < -0.3 is 5.32 Å². The number of nitrogens with one attached hydrogen (secondary N) is 1. The molecule has 3 atom stereocenters. The molecule has 2 aliphatic rings. The highest BCUT2D eigenvalue weighted by atomic mass is 35.5. The molecule has 1 saturated heterocycles. The number of nitrogens with zero attached hydrogens (tertiary/aromatic N) is 2. The molecule has 0 saturated carbocycles. The topological polar surface area (TPSA) is 88.5 Å². The molecule has 0 bridgehead atoms. The Morgan fingerprint density at radius 3 is 2.41 bits per heavy atom. The number of imide groups is 1. The van der Waals surface area contributed by atoms with Crippen LogP contribution in [0.25, 0.3) is 0 Å². The van der Waals surface area contributed by atoms with Gasteiger partial charge in [-0.25, -0.2) is 4.90 Å². The average Bonchev–Trinajstić information content (AvgIpc) is 3.60. The number of anilines is 2. The molecule has 4 heterocycles. The van der Waals surface area contributed by atoms with Gasteiger partial charge >= 0.3 is 4.87 Å². The quantitative estimate of drug-likeness (QED) is 0.258. The SMILES string of the molecule is O=C(Cn1c2c(sc1=O)C(c1cccs1)C1C(=O)N(c3ccc(Cl)cc3)C(=O)C1S2)Nc1ccc(Cl)c(Cl)c1. The van der Waals surface area contributed by atoms with Crippen LogP contribution < -0.4 is 15.1 Å². The maximum absolute atomic E-state index is 13.8. The summed E-state index contributed by atoms with van der Waals surface area (Å²) >= 11 is 21.7. The molecule has 1 N–H and O–H groups in total. The highest BCUT2D eigenvalue weighted by Crippen LogP contribution is 2.54. The molecule has 2 aromatic heterocycles. The molecule has 3 amide bonds. The minimum atomic E-state index is -0.758. The summed E-state index contributed by atoms with van der Waals surface area (Å²) < 4.78 is 1.37. The van der Waals surface area contributed by atoms with E-state index in [1.807, 2.05) is 17.5 Å². The van der Waals surface area contributed by atoms with E-state index in [2.05, 4.69) is 5.32 Å². The van der Waals surface area contributed by atoms with E-state index in [-0.39, 0.29) is 28.3 Å². The van der Waals surface area contributed by atoms with E-state index in [1.165, 1.54) is 26.9 Å². The Kier molecular flexibility index (Phi) is 7.11. The number of aromatic nitrogens is 1. The normalized spacial score (nSPS) is 20.2. The van der Waals surface area contributed by atoms with Crippen LogP contribution in [-0.2, 0) is 20.9 Å². The minimum Gasteiger partial charge on any atom is -0.324 e. The minimum absolute atomic E-state index is 0.268. The first-order chi connectivity index (χ1) is 18.7. The molecule has 4 aromatic rings. The van der Waals surface area contributed by atoms with Crippen LogP contribution in [0.1, 0.15) is 15.7 Å². The summed E-state index contributed by atoms with van der Waals surface area (Å²) in [6.07, 6.45) is 0. The van der Waals surface area contributed by atoms with Crippen molar-refractivity contribution in [1.29, 1.82) is 0 Å². The number of benzene rings is 2. The third-order valence-corrected chi connectivity index (χ3v) is 11.0. The van der Waals surface area contributed by atoms with Crippen molar-refractivity contribution in [3.8, 4) is 0 Å². The van der Waals surface area contributed by atoms with Gasteiger partial charge in [0.25, 0.3) is 0 Å². The Balaban J connectivity index is 1.37. The van der Waals surface area contributed by atoms with Gasteiger partial charge in [-0.15, -0.1) is 11.3 Å². The second-order valence-electron chi connectivity index (χ2n) is 8.85. The van der Waals surface area contributed by atoms with Gasteiger partial charge in [0.15, 0.2) is 0 Å². The largest absolute Gasteiger partial charge is 0.324 e. The number of thiophene rings is 1. The second kappa shape index (κ2) is 10.4. The fourth-order valence-electron chi connectivity index (χ4n) is 4.79. The second-order valence-corrected chi connectivity index (χ2v) is 13.2. The number of fused-ring (bicyclic) bond motifs is 2. The van der Waals surface area contributed by atoms with Gasteiger partial charge in [-0.1, -0.05) is 64.0 Å². The molecular formula is C26H16Cl3N3O4S3. The lowest BCUT2D eigenvalue weighted by molar-refractivity contribution is -0.122. The lowest BCUT2D eigenvalue weighted by atomic mass is 9.87. The fourth-order valence-corrected chi connectivity index (χ4v) is 8.94. The number of halogens is 3. The molecule has 1 fully saturated rings. The first-order valence-electron chi connectivity index (χ1n) is 11.5. The number of carbonyl (C=O) groups excluding carboxylic acids is 3. The lowest BCUT2D eigenvalue weighted by Gasteiger charge is -2.29. The zero-order chi connectivity index (χ0) is 27.4. The number of rotatable bonds is 5. The smallest absolute Gasteiger partial charge is 0.308 e. The predicted octanol–water partition coefficient (Wildman–Crippen LogP) is 6.37. The molecule has 198 valence electrons. The average molecular weight is 637 g/mol. The van der Waals surface area contributed by atoms with E-state index >= 15 is 0 Å². The Labute approximate surface area is 249 Å². The molecule has 3 unspecified atom stereocenters. The van der Waals surface area contributed by atoms with Crippen molar-refractivity contribution in [3.63, 3.8) is 0 Å². The van der Waals surface area contributed by atoms with Crippen molar-refractivity contribution in [2.24, 2.45) is 5.92 Å². The summed E-state index contributed by atoms with van der Waals surface area (Å²) in [7, 11) is 0. The van der Waals surface area contributed by atoms with Crippen molar-refractivity contribution in [1.82, 2.24) is 4.57 Å². The highest BCUT2D eigenvalue weighted by molar-refractivity contribution is 8.00. The van der Waals surface area contributed by atoms with Crippen molar-refractivity contribution in [2.45, 2.75) is 22.7 Å². The van der Waals surface area contributed by atoms with E-state index in [4.69, 9.17) is 34.8 Å². The van der Waals surface area contributed by atoms with Crippen LogP contribution >= 0.6 is 69.2 Å². The van der Waals surface area contributed by atoms with E-state index in [0.717, 1.165) is 28.0 Å². The van der Waals surface area contributed by atoms with Gasteiger partial charge in [0.2, 0.25) is 17.7 Å². The van der Waals surface area contributed by atoms with Crippen LogP contribution in [0.3, 0.4) is 0 Å². The van der Waals surface area contributed by atoms with E-state index in [0.29, 0.717) is 31.3 Å². The molecule has 0 spiro atoms. The third kappa shape index (κ3) is 4.73. The van der Waals surface area contributed by atoms with Crippen molar-refractivity contribution in [3.05, 3.63) is 94.5 Å². The molecule has 6 rings (SSSR count). The fraction of sp³-hybridized carbons (Fsp3) is 0.154. The zero-order valence-electron chi connectivity index (χ0n) is 19.6. The molecule has 2 aromatic carbocycles. The number of thioether (sulfide) groups is 1. The van der Waals surface area contributed by atoms with Crippen LogP contribution in [0.5, 0.6) is 0 Å². The molecule has 7 nitrogen and oxygen atoms in total. The molecule has 13 heteroatoms. The number of thiazole rings is 1. The van der Waals surface area contributed by atoms with Crippen LogP contribution in [0.15, 0.2) is 69.8 Å². The monoisotopic (exact) mass is 635 g/mol. The van der Waals surface area contributed by atoms with Crippen LogP contribution in [-0.4, -0.2) is 27.5 Å². The van der Waals surface area contributed by atoms with Crippen molar-refractivity contribution >= 4 is 98.3 Å². The van der Waals surface area contributed by atoms with Crippen LogP contribution in [0, 0.1) is 5.92 Å². The van der Waals surface area contributed by atoms with E-state index in [1.54, 1.807) is 36.4 Å². The maximum Gasteiger partial charge on any atom is 0.308 e. The Morgan fingerprint density at radius 2 is 1.72 bits per heavy atom. The number of hydrogen-bond donors (Lipinski definition) is 1. The maximum atomic E-state index is 13.8. The van der Waals surface area contributed by atoms with E-state index < -0.39 is 23.0 Å². The summed E-state index contributed by atoms with van der Waals surface area (Å²) in [6.45, 7) is -0.268. The van der Waals surface area contributed by atoms with Crippen LogP contribution in [0.2, 0.25) is 15.1 Å². The van der Waals surface area contributed by atoms with E-state index in [9.17, 15) is 19.2 Å². The Hall–Kier alpha value is -2.60. The van der Waals surface area contributed by atoms with Gasteiger partial charge in [-0.2, -0.15) is 0 Å². The summed E-state index contributed by atoms with van der Waals surface area (Å²) in [4.78, 5) is 56.0. The molecular weight excluding hydrogens is 621 g/mol. The Morgan fingerprint density at radius 1 is 0.949 bits per heavy atom. The molecule has 0 aliphatic carbocycles. The first-order valence-corrected chi connectivity index (χ1v) is 15.3. The molecule has 39 heavy (non-hydrogen) atoms. The lowest BCUT2D eigenvalue weighted by Crippen LogP contribution is -2.32. The number of amides is 3. The summed E-state index contributed by atoms with van der Waals surface area (Å²) in [5.41, 5.74) is 0.877. The number of hydrogen-bond acceptors (Lipinski definition) is 7. The summed E-state index contributed by atoms with van der Waals surface area (Å²) in [5.74, 6) is -2.32. The third-order valence-electron chi connectivity index (χ3n) is 6.49. The van der Waals surface area contributed by atoms with Gasteiger partial charge in [0, 0.05) is 26.4 Å². The predicted molar refractivity (Wildman–Crippen MR) is 157 cm³/mol. The zero-order valence-corrected chi connectivity index (χ0v) is 24.3. The van der Waals surface area contributed by atoms with Crippen molar-refractivity contribution < 1.29 is 14.4 Å². The standard InChI is InChI=1S/C26H16Cl3N3O4S3/c27-12-3-6-14(7-4-12)32-23(34)20-19(17-2-1-9-37-17)22-25(38-21(20)24(32)35)31(26(36)39-22)11-18(33)30-13-5-8-15(28)16(29)10-13/h1-10,19-21H,11H2,(H,30,33). The molecule has 2 aliphatic heterocycles. The van der Waals surface area contributed by atoms with Crippen molar-refractivity contribution in [2.75, 3.05) is 10.2 Å². The Bertz CT molecular complexity index is 1680. The number of carbonyl (C=O) groups is 3. The van der Waals surface area contributed by atoms with Gasteiger partial charge in [0.1, 0.15) is 11.8 Å². The molecule has 0 radical (unpaired) electrons. The summed E-state index contributed by atoms with van der Waals surface area (Å²) in [5, 5.41) is 5.52. The van der Waals surface area contributed by atoms with Gasteiger partial charge in [-0.3, -0.25) is 23.7 Å². The first kappa shape index (κ1) is 26.6. The van der Waals surface area contributed by atoms with Crippen LogP contribution in [0.4, 0.5) is 11.4 Å². The highest BCUT2D eigenvalue weighted by Gasteiger charge is 2.57.